The van der Waals surface area contributed by atoms with E-state index in [1.807, 2.05) is 4.90 Å². The van der Waals surface area contributed by atoms with Crippen molar-refractivity contribution in [2.24, 2.45) is 5.92 Å². The molecule has 0 aromatic carbocycles. The van der Waals surface area contributed by atoms with E-state index in [0.717, 1.165) is 25.9 Å². The molecule has 20 heavy (non-hydrogen) atoms. The summed E-state index contributed by atoms with van der Waals surface area (Å²) in [4.78, 5) is 17.8. The third kappa shape index (κ3) is 4.95. The summed E-state index contributed by atoms with van der Waals surface area (Å²) >= 11 is 11.1. The summed E-state index contributed by atoms with van der Waals surface area (Å²) in [6.07, 6.45) is 3.42. The van der Waals surface area contributed by atoms with Crippen molar-refractivity contribution in [3.05, 3.63) is 23.0 Å². The normalized spacial score (nSPS) is 15.0. The summed E-state index contributed by atoms with van der Waals surface area (Å²) in [6.45, 7) is 3.15. The molecule has 1 aromatic rings. The molecular weight excluding hydrogens is 319 g/mol. The Labute approximate surface area is 172 Å². The van der Waals surface area contributed by atoms with Crippen LogP contribution in [0.4, 0.5) is 0 Å². The Morgan fingerprint density at radius 1 is 1.50 bits per heavy atom. The van der Waals surface area contributed by atoms with E-state index >= 15 is 0 Å². The zero-order valence-electron chi connectivity index (χ0n) is 11.6. The monoisotopic (exact) mass is 332 g/mol. The van der Waals surface area contributed by atoms with Crippen molar-refractivity contribution in [3.63, 3.8) is 0 Å². The van der Waals surface area contributed by atoms with Crippen LogP contribution < -0.4 is 51.4 Å². The van der Waals surface area contributed by atoms with Crippen molar-refractivity contribution in [2.45, 2.75) is 24.7 Å². The van der Waals surface area contributed by atoms with Gasteiger partial charge in [-0.15, -0.1) is 0 Å². The largest absolute Gasteiger partial charge is 1.00 e. The number of carbonyl (C=O) groups excluding carboxylic acids is 1. The van der Waals surface area contributed by atoms with E-state index in [9.17, 15) is 4.79 Å². The van der Waals surface area contributed by atoms with Gasteiger partial charge in [0.15, 0.2) is 0 Å². The molecule has 0 saturated carbocycles. The van der Waals surface area contributed by atoms with Gasteiger partial charge >= 0.3 is 51.4 Å². The molecular formula is C14H14ClKN2OS. The summed E-state index contributed by atoms with van der Waals surface area (Å²) in [6, 6.07) is 1.69. The number of likely N-dealkylation sites (tertiary alicyclic amines) is 1. The van der Waals surface area contributed by atoms with Gasteiger partial charge in [-0.3, -0.25) is 4.79 Å². The fourth-order valence-corrected chi connectivity index (χ4v) is 2.34. The maximum Gasteiger partial charge on any atom is 1.00 e. The van der Waals surface area contributed by atoms with Crippen LogP contribution in [0.25, 0.3) is 0 Å². The van der Waals surface area contributed by atoms with Gasteiger partial charge in [0.25, 0.3) is 0 Å². The zero-order valence-corrected chi connectivity index (χ0v) is 16.3. The van der Waals surface area contributed by atoms with E-state index in [1.165, 1.54) is 0 Å². The Morgan fingerprint density at radius 3 is 2.75 bits per heavy atom. The van der Waals surface area contributed by atoms with E-state index in [4.69, 9.17) is 24.2 Å². The third-order valence-corrected chi connectivity index (χ3v) is 4.02. The van der Waals surface area contributed by atoms with Crippen molar-refractivity contribution < 1.29 is 56.2 Å². The van der Waals surface area contributed by atoms with E-state index in [0.29, 0.717) is 21.5 Å². The van der Waals surface area contributed by atoms with Crippen LogP contribution in [0.2, 0.25) is 5.02 Å². The van der Waals surface area contributed by atoms with Gasteiger partial charge in [0.05, 0.1) is 5.02 Å². The number of hydrogen-bond donors (Lipinski definition) is 0. The first kappa shape index (κ1) is 18.4. The quantitative estimate of drug-likeness (QED) is 0.356. The molecule has 1 amide bonds. The first-order valence-electron chi connectivity index (χ1n) is 6.16. The van der Waals surface area contributed by atoms with Gasteiger partial charge in [0, 0.05) is 32.1 Å². The number of pyridine rings is 1. The number of carbonyl (C=O) groups is 1. The van der Waals surface area contributed by atoms with Gasteiger partial charge in [-0.2, -0.15) is 4.90 Å². The van der Waals surface area contributed by atoms with Gasteiger partial charge in [-0.1, -0.05) is 23.6 Å². The fraction of sp³-hybridized carbons (Fsp3) is 0.429. The van der Waals surface area contributed by atoms with Crippen LogP contribution in [0.15, 0.2) is 17.2 Å². The van der Waals surface area contributed by atoms with Crippen LogP contribution in [-0.2, 0) is 17.4 Å². The van der Waals surface area contributed by atoms with Crippen molar-refractivity contribution in [1.29, 1.82) is 0 Å². The van der Waals surface area contributed by atoms with Crippen LogP contribution in [-0.4, -0.2) is 28.9 Å². The van der Waals surface area contributed by atoms with Crippen LogP contribution in [0.3, 0.4) is 0 Å². The molecule has 1 aliphatic rings. The second kappa shape index (κ2) is 8.69. The van der Waals surface area contributed by atoms with E-state index in [2.05, 4.69) is 16.8 Å². The third-order valence-electron chi connectivity index (χ3n) is 3.19. The van der Waals surface area contributed by atoms with Gasteiger partial charge in [-0.25, -0.2) is 4.98 Å². The molecule has 0 N–H and O–H groups in total. The van der Waals surface area contributed by atoms with Crippen molar-refractivity contribution >= 4 is 30.1 Å². The molecule has 2 heterocycles. The standard InChI is InChI=1S/C14H15ClN2OS.K/c1-10(18)17-8-5-11(6-9-17)2-3-12-14(15)13(19)4-7-16-12;/h4,7,11H,5-6,8-9H2,1H3,(H,16,19);/q;+1/p-1. The number of hydrogen-bond acceptors (Lipinski definition) is 3. The molecule has 0 atom stereocenters. The van der Waals surface area contributed by atoms with Crippen LogP contribution >= 0.6 is 11.6 Å². The minimum atomic E-state index is 0. The SMILES string of the molecule is CC(=O)N1CCC(C#Cc2nccc([S-])c2Cl)CC1.[K+]. The van der Waals surface area contributed by atoms with E-state index in [-0.39, 0.29) is 57.3 Å². The van der Waals surface area contributed by atoms with Gasteiger partial charge in [0.2, 0.25) is 5.91 Å². The second-order valence-electron chi connectivity index (χ2n) is 4.52. The minimum absolute atomic E-state index is 0. The summed E-state index contributed by atoms with van der Waals surface area (Å²) < 4.78 is 0. The number of rotatable bonds is 0. The Morgan fingerprint density at radius 2 is 2.15 bits per heavy atom. The van der Waals surface area contributed by atoms with Crippen LogP contribution in [0, 0.1) is 17.8 Å². The molecule has 1 fully saturated rings. The molecule has 6 heteroatoms. The summed E-state index contributed by atoms with van der Waals surface area (Å²) in [7, 11) is 0. The number of amides is 1. The molecule has 0 radical (unpaired) electrons. The molecule has 1 saturated heterocycles. The Balaban J connectivity index is 0.00000200. The summed E-state index contributed by atoms with van der Waals surface area (Å²) in [5.41, 5.74) is 0.545. The van der Waals surface area contributed by atoms with Gasteiger partial charge in [-0.05, 0) is 18.8 Å². The Bertz CT molecular complexity index is 548. The maximum absolute atomic E-state index is 11.2. The first-order chi connectivity index (χ1) is 9.08. The summed E-state index contributed by atoms with van der Waals surface area (Å²) in [5, 5.41) is 0.450. The molecule has 3 nitrogen and oxygen atoms in total. The summed E-state index contributed by atoms with van der Waals surface area (Å²) in [5.74, 6) is 6.62. The smallest absolute Gasteiger partial charge is 0.778 e. The minimum Gasteiger partial charge on any atom is -0.778 e. The number of nitrogens with zero attached hydrogens (tertiary/aromatic N) is 2. The average Bonchev–Trinajstić information content (AvgIpc) is 2.41. The zero-order chi connectivity index (χ0) is 13.8. The van der Waals surface area contributed by atoms with E-state index in [1.54, 1.807) is 19.2 Å². The van der Waals surface area contributed by atoms with Gasteiger partial charge in [0.1, 0.15) is 5.69 Å². The molecule has 1 aromatic heterocycles. The number of piperidine rings is 1. The van der Waals surface area contributed by atoms with Gasteiger partial charge < -0.3 is 17.5 Å². The van der Waals surface area contributed by atoms with Crippen LogP contribution in [0.1, 0.15) is 25.5 Å². The molecule has 1 aliphatic heterocycles. The number of aromatic nitrogens is 1. The first-order valence-corrected chi connectivity index (χ1v) is 6.95. The Hall–Kier alpha value is 0.326. The average molecular weight is 333 g/mol. The second-order valence-corrected chi connectivity index (χ2v) is 5.34. The molecule has 0 aliphatic carbocycles. The van der Waals surface area contributed by atoms with Crippen molar-refractivity contribution in [2.75, 3.05) is 13.1 Å². The van der Waals surface area contributed by atoms with E-state index < -0.39 is 0 Å². The predicted octanol–water partition coefficient (Wildman–Crippen LogP) is -0.745. The van der Waals surface area contributed by atoms with Crippen molar-refractivity contribution in [1.82, 2.24) is 9.88 Å². The molecule has 0 spiro atoms. The molecule has 0 unspecified atom stereocenters. The number of halogens is 1. The molecule has 2 rings (SSSR count). The predicted molar refractivity (Wildman–Crippen MR) is 76.7 cm³/mol. The Kier molecular flexibility index (Phi) is 7.99. The molecule has 100 valence electrons. The van der Waals surface area contributed by atoms with Crippen LogP contribution in [0.5, 0.6) is 0 Å². The van der Waals surface area contributed by atoms with Crippen molar-refractivity contribution in [3.8, 4) is 11.8 Å². The maximum atomic E-state index is 11.2. The molecule has 0 bridgehead atoms. The fourth-order valence-electron chi connectivity index (χ4n) is 2.02. The topological polar surface area (TPSA) is 33.2 Å².